The molecule has 0 saturated heterocycles. The zero-order valence-electron chi connectivity index (χ0n) is 8.66. The molecule has 0 aliphatic rings. The Balaban J connectivity index is 2.95. The van der Waals surface area contributed by atoms with Crippen molar-refractivity contribution in [1.82, 2.24) is 0 Å². The van der Waals surface area contributed by atoms with Crippen LogP contribution in [-0.4, -0.2) is 12.7 Å². The van der Waals surface area contributed by atoms with E-state index in [0.29, 0.717) is 6.61 Å². The van der Waals surface area contributed by atoms with Crippen LogP contribution in [0.2, 0.25) is 0 Å². The van der Waals surface area contributed by atoms with Crippen molar-refractivity contribution in [3.8, 4) is 5.75 Å². The van der Waals surface area contributed by atoms with Crippen LogP contribution in [0.5, 0.6) is 5.75 Å². The number of aliphatic imine (C=N–C) groups is 1. The Kier molecular flexibility index (Phi) is 4.53. The number of halogens is 1. The monoisotopic (exact) mass is 269 g/mol. The minimum Gasteiger partial charge on any atom is -0.493 e. The summed E-state index contributed by atoms with van der Waals surface area (Å²) in [7, 11) is 0. The summed E-state index contributed by atoms with van der Waals surface area (Å²) in [4.78, 5) is 13.8. The number of hydrogen-bond acceptors (Lipinski definition) is 3. The van der Waals surface area contributed by atoms with Crippen LogP contribution in [0.4, 0.5) is 0 Å². The fourth-order valence-electron chi connectivity index (χ4n) is 1.20. The molecule has 0 aromatic heterocycles. The largest absolute Gasteiger partial charge is 0.493 e. The Labute approximate surface area is 97.3 Å². The third kappa shape index (κ3) is 3.18. The first kappa shape index (κ1) is 12.0. The van der Waals surface area contributed by atoms with Gasteiger partial charge in [-0.25, -0.2) is 4.79 Å². The lowest BCUT2D eigenvalue weighted by Crippen LogP contribution is -1.94. The molecule has 1 aromatic rings. The third-order valence-electron chi connectivity index (χ3n) is 1.98. The van der Waals surface area contributed by atoms with Crippen LogP contribution in [-0.2, 0) is 4.79 Å². The average Bonchev–Trinajstić information content (AvgIpc) is 2.21. The Morgan fingerprint density at radius 3 is 2.87 bits per heavy atom. The number of nitrogens with zero attached hydrogens (tertiary/aromatic N) is 1. The summed E-state index contributed by atoms with van der Waals surface area (Å²) in [5, 5.41) is 0. The molecule has 0 N–H and O–H groups in total. The molecule has 1 rings (SSSR count). The molecule has 1 unspecified atom stereocenters. The van der Waals surface area contributed by atoms with Crippen LogP contribution in [0, 0.1) is 0 Å². The van der Waals surface area contributed by atoms with Crippen LogP contribution < -0.4 is 4.74 Å². The number of carbonyl (C=O) groups excluding carboxylic acids is 1. The number of hydrogen-bond donors (Lipinski definition) is 0. The maximum Gasteiger partial charge on any atom is 0.235 e. The molecule has 15 heavy (non-hydrogen) atoms. The molecule has 0 fully saturated rings. The van der Waals surface area contributed by atoms with E-state index < -0.39 is 0 Å². The highest BCUT2D eigenvalue weighted by Gasteiger charge is 2.07. The van der Waals surface area contributed by atoms with Crippen LogP contribution >= 0.6 is 15.9 Å². The normalized spacial score (nSPS) is 11.7. The molecule has 0 amide bonds. The van der Waals surface area contributed by atoms with Crippen molar-refractivity contribution in [2.45, 2.75) is 19.9 Å². The van der Waals surface area contributed by atoms with Crippen LogP contribution in [0.3, 0.4) is 0 Å². The van der Waals surface area contributed by atoms with Crippen LogP contribution in [0.15, 0.2) is 27.7 Å². The van der Waals surface area contributed by atoms with Gasteiger partial charge in [0, 0.05) is 0 Å². The minimum absolute atomic E-state index is 0.172. The van der Waals surface area contributed by atoms with Crippen molar-refractivity contribution in [2.24, 2.45) is 4.99 Å². The number of benzene rings is 1. The Hall–Kier alpha value is -1.12. The first-order valence-electron chi connectivity index (χ1n) is 4.68. The van der Waals surface area contributed by atoms with Gasteiger partial charge in [0.2, 0.25) is 6.08 Å². The number of rotatable bonds is 4. The van der Waals surface area contributed by atoms with Crippen molar-refractivity contribution in [3.63, 3.8) is 0 Å². The minimum atomic E-state index is -0.172. The highest BCUT2D eigenvalue weighted by atomic mass is 79.9. The van der Waals surface area contributed by atoms with Gasteiger partial charge in [0.05, 0.1) is 17.1 Å². The molecule has 0 radical (unpaired) electrons. The van der Waals surface area contributed by atoms with Crippen LogP contribution in [0.1, 0.15) is 25.5 Å². The van der Waals surface area contributed by atoms with E-state index in [9.17, 15) is 4.79 Å². The van der Waals surface area contributed by atoms with Gasteiger partial charge in [0.1, 0.15) is 5.75 Å². The molecular weight excluding hydrogens is 258 g/mol. The van der Waals surface area contributed by atoms with Crippen LogP contribution in [0.25, 0.3) is 0 Å². The maximum absolute atomic E-state index is 10.1. The van der Waals surface area contributed by atoms with Gasteiger partial charge in [-0.1, -0.05) is 6.07 Å². The second-order valence-electron chi connectivity index (χ2n) is 3.02. The lowest BCUT2D eigenvalue weighted by molar-refractivity contribution is 0.338. The highest BCUT2D eigenvalue weighted by Crippen LogP contribution is 2.29. The zero-order valence-corrected chi connectivity index (χ0v) is 10.2. The standard InChI is InChI=1S/C11H12BrNO2/c1-3-15-11-5-4-9(6-10(11)12)8(2)13-7-14/h4-6,8H,3H2,1-2H3. The molecule has 4 heteroatoms. The molecule has 0 saturated carbocycles. The molecule has 0 aliphatic heterocycles. The number of ether oxygens (including phenoxy) is 1. The van der Waals surface area contributed by atoms with Gasteiger partial charge in [-0.05, 0) is 47.5 Å². The summed E-state index contributed by atoms with van der Waals surface area (Å²) >= 11 is 3.40. The smallest absolute Gasteiger partial charge is 0.235 e. The topological polar surface area (TPSA) is 38.7 Å². The van der Waals surface area contributed by atoms with E-state index in [0.717, 1.165) is 15.8 Å². The van der Waals surface area contributed by atoms with Gasteiger partial charge < -0.3 is 4.74 Å². The predicted octanol–water partition coefficient (Wildman–Crippen LogP) is 3.24. The maximum atomic E-state index is 10.1. The third-order valence-corrected chi connectivity index (χ3v) is 2.60. The first-order valence-corrected chi connectivity index (χ1v) is 5.47. The first-order chi connectivity index (χ1) is 7.19. The summed E-state index contributed by atoms with van der Waals surface area (Å²) in [5.41, 5.74) is 0.952. The summed E-state index contributed by atoms with van der Waals surface area (Å²) < 4.78 is 6.25. The molecule has 1 atom stereocenters. The van der Waals surface area contributed by atoms with Crippen molar-refractivity contribution in [1.29, 1.82) is 0 Å². The van der Waals surface area contributed by atoms with Crippen molar-refractivity contribution < 1.29 is 9.53 Å². The van der Waals surface area contributed by atoms with Gasteiger partial charge in [-0.3, -0.25) is 0 Å². The molecule has 0 spiro atoms. The van der Waals surface area contributed by atoms with Crippen molar-refractivity contribution in [2.75, 3.05) is 6.61 Å². The molecule has 0 bridgehead atoms. The summed E-state index contributed by atoms with van der Waals surface area (Å²) in [5.74, 6) is 0.795. The van der Waals surface area contributed by atoms with Gasteiger partial charge in [0.25, 0.3) is 0 Å². The van der Waals surface area contributed by atoms with E-state index in [1.807, 2.05) is 32.0 Å². The van der Waals surface area contributed by atoms with E-state index in [-0.39, 0.29) is 6.04 Å². The summed E-state index contributed by atoms with van der Waals surface area (Å²) in [6.07, 6.45) is 1.55. The van der Waals surface area contributed by atoms with Crippen molar-refractivity contribution >= 4 is 22.0 Å². The van der Waals surface area contributed by atoms with E-state index in [4.69, 9.17) is 4.74 Å². The Morgan fingerprint density at radius 2 is 2.33 bits per heavy atom. The summed E-state index contributed by atoms with van der Waals surface area (Å²) in [6, 6.07) is 5.48. The number of isocyanates is 1. The lowest BCUT2D eigenvalue weighted by Gasteiger charge is -2.09. The fourth-order valence-corrected chi connectivity index (χ4v) is 1.71. The predicted molar refractivity (Wildman–Crippen MR) is 61.8 cm³/mol. The molecule has 3 nitrogen and oxygen atoms in total. The van der Waals surface area contributed by atoms with E-state index in [1.165, 1.54) is 0 Å². The molecule has 0 heterocycles. The molecule has 80 valence electrons. The SMILES string of the molecule is CCOc1ccc(C(C)N=C=O)cc1Br. The molecule has 0 aliphatic carbocycles. The second kappa shape index (κ2) is 5.69. The molecule has 1 aromatic carbocycles. The average molecular weight is 270 g/mol. The quantitative estimate of drug-likeness (QED) is 0.622. The summed E-state index contributed by atoms with van der Waals surface area (Å²) in [6.45, 7) is 4.40. The van der Waals surface area contributed by atoms with E-state index >= 15 is 0 Å². The zero-order chi connectivity index (χ0) is 11.3. The van der Waals surface area contributed by atoms with Gasteiger partial charge >= 0.3 is 0 Å². The highest BCUT2D eigenvalue weighted by molar-refractivity contribution is 9.10. The van der Waals surface area contributed by atoms with E-state index in [1.54, 1.807) is 6.08 Å². The van der Waals surface area contributed by atoms with E-state index in [2.05, 4.69) is 20.9 Å². The second-order valence-corrected chi connectivity index (χ2v) is 3.87. The van der Waals surface area contributed by atoms with Gasteiger partial charge in [-0.2, -0.15) is 4.99 Å². The van der Waals surface area contributed by atoms with Crippen molar-refractivity contribution in [3.05, 3.63) is 28.2 Å². The Morgan fingerprint density at radius 1 is 1.60 bits per heavy atom. The fraction of sp³-hybridized carbons (Fsp3) is 0.364. The molecular formula is C11H12BrNO2. The van der Waals surface area contributed by atoms with Gasteiger partial charge in [-0.15, -0.1) is 0 Å². The lowest BCUT2D eigenvalue weighted by atomic mass is 10.1. The Bertz CT molecular complexity index is 386. The van der Waals surface area contributed by atoms with Gasteiger partial charge in [0.15, 0.2) is 0 Å².